The SMILES string of the molecule is O=C(Nc1cc(O)nc(NC(=O)c2ccccc2)n1)c1ccccc1. The van der Waals surface area contributed by atoms with E-state index in [9.17, 15) is 14.7 Å². The van der Waals surface area contributed by atoms with Crippen LogP contribution in [0.15, 0.2) is 66.7 Å². The molecule has 3 aromatic rings. The zero-order valence-electron chi connectivity index (χ0n) is 13.0. The van der Waals surface area contributed by atoms with E-state index in [1.54, 1.807) is 60.7 Å². The fourth-order valence-corrected chi connectivity index (χ4v) is 2.10. The number of hydrogen-bond donors (Lipinski definition) is 3. The van der Waals surface area contributed by atoms with Crippen LogP contribution in [-0.4, -0.2) is 26.9 Å². The predicted molar refractivity (Wildman–Crippen MR) is 92.5 cm³/mol. The Morgan fingerprint density at radius 2 is 1.28 bits per heavy atom. The fraction of sp³-hybridized carbons (Fsp3) is 0. The van der Waals surface area contributed by atoms with Crippen LogP contribution >= 0.6 is 0 Å². The number of nitrogens with one attached hydrogen (secondary N) is 2. The Bertz CT molecular complexity index is 827. The molecule has 0 saturated carbocycles. The molecule has 3 rings (SSSR count). The summed E-state index contributed by atoms with van der Waals surface area (Å²) in [5, 5.41) is 14.7. The topological polar surface area (TPSA) is 104 Å². The van der Waals surface area contributed by atoms with E-state index in [2.05, 4.69) is 20.6 Å². The van der Waals surface area contributed by atoms with E-state index >= 15 is 0 Å². The van der Waals surface area contributed by atoms with Gasteiger partial charge in [-0.15, -0.1) is 0 Å². The molecule has 0 atom stereocenters. The molecule has 2 amide bonds. The monoisotopic (exact) mass is 334 g/mol. The van der Waals surface area contributed by atoms with Crippen LogP contribution < -0.4 is 10.6 Å². The van der Waals surface area contributed by atoms with Gasteiger partial charge in [0, 0.05) is 17.2 Å². The third-order valence-corrected chi connectivity index (χ3v) is 3.25. The molecular weight excluding hydrogens is 320 g/mol. The second-order valence-electron chi connectivity index (χ2n) is 5.08. The van der Waals surface area contributed by atoms with Crippen LogP contribution in [0.4, 0.5) is 11.8 Å². The van der Waals surface area contributed by atoms with Gasteiger partial charge in [-0.3, -0.25) is 14.9 Å². The molecule has 7 nitrogen and oxygen atoms in total. The van der Waals surface area contributed by atoms with E-state index in [-0.39, 0.29) is 23.6 Å². The zero-order valence-corrected chi connectivity index (χ0v) is 13.0. The van der Waals surface area contributed by atoms with Gasteiger partial charge in [0.2, 0.25) is 11.8 Å². The molecule has 0 saturated heterocycles. The average molecular weight is 334 g/mol. The first-order valence-corrected chi connectivity index (χ1v) is 7.42. The lowest BCUT2D eigenvalue weighted by Gasteiger charge is -2.08. The van der Waals surface area contributed by atoms with Crippen molar-refractivity contribution >= 4 is 23.6 Å². The number of carbonyl (C=O) groups is 2. The lowest BCUT2D eigenvalue weighted by atomic mass is 10.2. The molecule has 0 aliphatic heterocycles. The summed E-state index contributed by atoms with van der Waals surface area (Å²) in [7, 11) is 0. The summed E-state index contributed by atoms with van der Waals surface area (Å²) >= 11 is 0. The highest BCUT2D eigenvalue weighted by Gasteiger charge is 2.12. The van der Waals surface area contributed by atoms with Crippen LogP contribution in [0.2, 0.25) is 0 Å². The van der Waals surface area contributed by atoms with Gasteiger partial charge >= 0.3 is 0 Å². The summed E-state index contributed by atoms with van der Waals surface area (Å²) in [4.78, 5) is 32.0. The van der Waals surface area contributed by atoms with Crippen LogP contribution in [0.3, 0.4) is 0 Å². The minimum Gasteiger partial charge on any atom is -0.493 e. The van der Waals surface area contributed by atoms with E-state index in [0.29, 0.717) is 11.1 Å². The van der Waals surface area contributed by atoms with Crippen molar-refractivity contribution in [2.45, 2.75) is 0 Å². The van der Waals surface area contributed by atoms with Crippen LogP contribution in [0, 0.1) is 0 Å². The molecule has 0 spiro atoms. The molecule has 2 aromatic carbocycles. The van der Waals surface area contributed by atoms with Gasteiger partial charge in [0.15, 0.2) is 0 Å². The molecular formula is C18H14N4O3. The number of hydrogen-bond acceptors (Lipinski definition) is 5. The van der Waals surface area contributed by atoms with Crippen molar-refractivity contribution in [3.8, 4) is 5.88 Å². The molecule has 0 bridgehead atoms. The molecule has 0 aliphatic rings. The molecule has 25 heavy (non-hydrogen) atoms. The van der Waals surface area contributed by atoms with Gasteiger partial charge in [-0.2, -0.15) is 9.97 Å². The summed E-state index contributed by atoms with van der Waals surface area (Å²) in [6.07, 6.45) is 0. The van der Waals surface area contributed by atoms with Crippen molar-refractivity contribution in [3.63, 3.8) is 0 Å². The largest absolute Gasteiger partial charge is 0.493 e. The molecule has 3 N–H and O–H groups in total. The van der Waals surface area contributed by atoms with Crippen molar-refractivity contribution in [2.24, 2.45) is 0 Å². The van der Waals surface area contributed by atoms with Gasteiger partial charge in [0.05, 0.1) is 0 Å². The highest BCUT2D eigenvalue weighted by Crippen LogP contribution is 2.16. The lowest BCUT2D eigenvalue weighted by molar-refractivity contribution is 0.101. The second kappa shape index (κ2) is 7.22. The molecule has 7 heteroatoms. The maximum absolute atomic E-state index is 12.1. The van der Waals surface area contributed by atoms with Crippen LogP contribution in [-0.2, 0) is 0 Å². The summed E-state index contributed by atoms with van der Waals surface area (Å²) in [5.74, 6) is -1.23. The van der Waals surface area contributed by atoms with Gasteiger partial charge in [-0.05, 0) is 24.3 Å². The van der Waals surface area contributed by atoms with E-state index < -0.39 is 5.91 Å². The van der Waals surface area contributed by atoms with E-state index in [1.807, 2.05) is 0 Å². The Morgan fingerprint density at radius 1 is 0.760 bits per heavy atom. The van der Waals surface area contributed by atoms with Gasteiger partial charge < -0.3 is 10.4 Å². The Labute approximate surface area is 143 Å². The number of anilines is 2. The van der Waals surface area contributed by atoms with Gasteiger partial charge in [-0.1, -0.05) is 36.4 Å². The lowest BCUT2D eigenvalue weighted by Crippen LogP contribution is -2.16. The molecule has 124 valence electrons. The number of aromatic hydroxyl groups is 1. The Morgan fingerprint density at radius 3 is 1.84 bits per heavy atom. The van der Waals surface area contributed by atoms with Crippen molar-refractivity contribution in [2.75, 3.05) is 10.6 Å². The van der Waals surface area contributed by atoms with Crippen LogP contribution in [0.1, 0.15) is 20.7 Å². The van der Waals surface area contributed by atoms with Crippen molar-refractivity contribution in [1.82, 2.24) is 9.97 Å². The second-order valence-corrected chi connectivity index (χ2v) is 5.08. The molecule has 0 radical (unpaired) electrons. The Hall–Kier alpha value is -3.74. The van der Waals surface area contributed by atoms with Crippen molar-refractivity contribution < 1.29 is 14.7 Å². The van der Waals surface area contributed by atoms with Gasteiger partial charge in [-0.25, -0.2) is 0 Å². The van der Waals surface area contributed by atoms with Crippen molar-refractivity contribution in [3.05, 3.63) is 77.9 Å². The summed E-state index contributed by atoms with van der Waals surface area (Å²) in [6, 6.07) is 18.3. The third-order valence-electron chi connectivity index (χ3n) is 3.25. The number of amides is 2. The molecule has 1 heterocycles. The first-order valence-electron chi connectivity index (χ1n) is 7.42. The van der Waals surface area contributed by atoms with E-state index in [1.165, 1.54) is 6.07 Å². The van der Waals surface area contributed by atoms with E-state index in [0.717, 1.165) is 0 Å². The van der Waals surface area contributed by atoms with Crippen molar-refractivity contribution in [1.29, 1.82) is 0 Å². The number of nitrogens with zero attached hydrogens (tertiary/aromatic N) is 2. The zero-order chi connectivity index (χ0) is 17.6. The third kappa shape index (κ3) is 4.17. The van der Waals surface area contributed by atoms with Gasteiger partial charge in [0.1, 0.15) is 5.82 Å². The minimum absolute atomic E-state index is 0.0738. The maximum atomic E-state index is 12.1. The van der Waals surface area contributed by atoms with E-state index in [4.69, 9.17) is 0 Å². The highest BCUT2D eigenvalue weighted by molar-refractivity contribution is 6.05. The summed E-state index contributed by atoms with van der Waals surface area (Å²) in [5.41, 5.74) is 0.861. The Balaban J connectivity index is 1.76. The molecule has 0 fully saturated rings. The fourth-order valence-electron chi connectivity index (χ4n) is 2.10. The quantitative estimate of drug-likeness (QED) is 0.680. The maximum Gasteiger partial charge on any atom is 0.258 e. The summed E-state index contributed by atoms with van der Waals surface area (Å²) in [6.45, 7) is 0. The summed E-state index contributed by atoms with van der Waals surface area (Å²) < 4.78 is 0. The Kier molecular flexibility index (Phi) is 4.66. The normalized spacial score (nSPS) is 10.1. The first-order chi connectivity index (χ1) is 12.1. The van der Waals surface area contributed by atoms with Gasteiger partial charge in [0.25, 0.3) is 11.8 Å². The van der Waals surface area contributed by atoms with Crippen LogP contribution in [0.5, 0.6) is 5.88 Å². The number of rotatable bonds is 4. The highest BCUT2D eigenvalue weighted by atomic mass is 16.3. The van der Waals surface area contributed by atoms with Crippen LogP contribution in [0.25, 0.3) is 0 Å². The molecule has 0 aliphatic carbocycles. The number of benzene rings is 2. The molecule has 0 unspecified atom stereocenters. The standard InChI is InChI=1S/C18H14N4O3/c23-15-11-14(19-16(24)12-7-3-1-4-8-12)20-18(21-15)22-17(25)13-9-5-2-6-10-13/h1-11H,(H3,19,20,21,22,23,24,25). The minimum atomic E-state index is -0.425. The molecule has 1 aromatic heterocycles. The number of aromatic nitrogens is 2. The number of carbonyl (C=O) groups excluding carboxylic acids is 2. The average Bonchev–Trinajstić information content (AvgIpc) is 2.62. The smallest absolute Gasteiger partial charge is 0.258 e. The predicted octanol–water partition coefficient (Wildman–Crippen LogP) is 2.69. The first kappa shape index (κ1) is 16.1.